The molecule has 174 valence electrons. The average Bonchev–Trinajstić information content (AvgIpc) is 3.21. The van der Waals surface area contributed by atoms with Gasteiger partial charge in [0.2, 0.25) is 11.9 Å². The van der Waals surface area contributed by atoms with Crippen LogP contribution in [-0.2, 0) is 6.42 Å². The van der Waals surface area contributed by atoms with Gasteiger partial charge in [0, 0.05) is 66.9 Å². The van der Waals surface area contributed by atoms with Crippen LogP contribution in [0.3, 0.4) is 0 Å². The highest BCUT2D eigenvalue weighted by Crippen LogP contribution is 2.31. The van der Waals surface area contributed by atoms with Crippen LogP contribution >= 0.6 is 0 Å². The largest absolute Gasteiger partial charge is 0.462 e. The van der Waals surface area contributed by atoms with Crippen LogP contribution in [0.4, 0.5) is 14.5 Å². The number of anilines is 1. The number of rotatable bonds is 5. The summed E-state index contributed by atoms with van der Waals surface area (Å²) in [5.41, 5.74) is 9.54. The quantitative estimate of drug-likeness (QED) is 0.350. The van der Waals surface area contributed by atoms with Crippen molar-refractivity contribution < 1.29 is 18.0 Å². The number of piperidine rings is 1. The molecule has 1 fully saturated rings. The molecule has 0 radical (unpaired) electrons. The molecule has 0 spiro atoms. The number of nitrogens with zero attached hydrogens (tertiary/aromatic N) is 4. The van der Waals surface area contributed by atoms with Gasteiger partial charge < -0.3 is 15.1 Å². The molecule has 2 N–H and O–H groups in total. The molecule has 1 aliphatic rings. The Hall–Kier alpha value is -3.72. The SMILES string of the molecule is C[C@@H]1C[C@H](N)CN(c2ccncc2CC(=O)c2ccc3occ(-c4cc(F)nc(F)c4)c3n2)C1. The number of carbonyl (C=O) groups is 1. The van der Waals surface area contributed by atoms with Crippen LogP contribution in [0.5, 0.6) is 0 Å². The van der Waals surface area contributed by atoms with E-state index in [4.69, 9.17) is 10.2 Å². The second-order valence-corrected chi connectivity index (χ2v) is 8.80. The Morgan fingerprint density at radius 1 is 1.18 bits per heavy atom. The number of nitrogens with two attached hydrogens (primary N) is 1. The fourth-order valence-electron chi connectivity index (χ4n) is 4.62. The first-order valence-electron chi connectivity index (χ1n) is 11.1. The lowest BCUT2D eigenvalue weighted by Crippen LogP contribution is -2.46. The summed E-state index contributed by atoms with van der Waals surface area (Å²) in [5.74, 6) is -1.66. The predicted octanol–water partition coefficient (Wildman–Crippen LogP) is 4.16. The van der Waals surface area contributed by atoms with Crippen LogP contribution in [0, 0.1) is 17.8 Å². The number of hydrogen-bond donors (Lipinski definition) is 1. The number of pyridine rings is 3. The number of carbonyl (C=O) groups excluding carboxylic acids is 1. The van der Waals surface area contributed by atoms with E-state index < -0.39 is 11.9 Å². The van der Waals surface area contributed by atoms with Crippen LogP contribution in [0.25, 0.3) is 22.2 Å². The topological polar surface area (TPSA) is 98.1 Å². The van der Waals surface area contributed by atoms with Gasteiger partial charge in [-0.1, -0.05) is 6.92 Å². The molecular weight excluding hydrogens is 440 g/mol. The molecule has 7 nitrogen and oxygen atoms in total. The highest BCUT2D eigenvalue weighted by molar-refractivity contribution is 6.00. The smallest absolute Gasteiger partial charge is 0.216 e. The number of ketones is 1. The summed E-state index contributed by atoms with van der Waals surface area (Å²) in [4.78, 5) is 27.2. The molecule has 5 rings (SSSR count). The molecule has 4 aromatic rings. The summed E-state index contributed by atoms with van der Waals surface area (Å²) in [6.07, 6.45) is 5.84. The summed E-state index contributed by atoms with van der Waals surface area (Å²) in [5, 5.41) is 0. The molecule has 5 heterocycles. The normalized spacial score (nSPS) is 18.4. The Morgan fingerprint density at radius 3 is 2.74 bits per heavy atom. The first kappa shape index (κ1) is 22.1. The Balaban J connectivity index is 1.45. The molecule has 1 saturated heterocycles. The third-order valence-corrected chi connectivity index (χ3v) is 6.04. The number of fused-ring (bicyclic) bond motifs is 1. The zero-order valence-corrected chi connectivity index (χ0v) is 18.5. The molecule has 1 aliphatic heterocycles. The summed E-state index contributed by atoms with van der Waals surface area (Å²) < 4.78 is 32.8. The molecule has 34 heavy (non-hydrogen) atoms. The van der Waals surface area contributed by atoms with Gasteiger partial charge in [-0.05, 0) is 36.1 Å². The average molecular weight is 463 g/mol. The van der Waals surface area contributed by atoms with Crippen LogP contribution in [0.15, 0.2) is 53.4 Å². The maximum absolute atomic E-state index is 13.6. The molecule has 2 atom stereocenters. The van der Waals surface area contributed by atoms with Crippen molar-refractivity contribution in [2.75, 3.05) is 18.0 Å². The van der Waals surface area contributed by atoms with Gasteiger partial charge in [0.1, 0.15) is 17.5 Å². The van der Waals surface area contributed by atoms with Crippen molar-refractivity contribution in [2.24, 2.45) is 11.7 Å². The molecule has 9 heteroatoms. The van der Waals surface area contributed by atoms with Gasteiger partial charge >= 0.3 is 0 Å². The Labute approximate surface area is 194 Å². The van der Waals surface area contributed by atoms with E-state index in [0.717, 1.165) is 42.9 Å². The number of halogens is 2. The Morgan fingerprint density at radius 2 is 1.97 bits per heavy atom. The van der Waals surface area contributed by atoms with Crippen LogP contribution in [0.1, 0.15) is 29.4 Å². The van der Waals surface area contributed by atoms with Gasteiger partial charge in [-0.15, -0.1) is 0 Å². The lowest BCUT2D eigenvalue weighted by molar-refractivity contribution is 0.0988. The van der Waals surface area contributed by atoms with E-state index in [9.17, 15) is 13.6 Å². The van der Waals surface area contributed by atoms with Crippen molar-refractivity contribution in [1.29, 1.82) is 0 Å². The number of Topliss-reactive ketones (excluding diaryl/α,β-unsaturated/α-hetero) is 1. The van der Waals surface area contributed by atoms with Gasteiger partial charge in [0.25, 0.3) is 0 Å². The molecule has 0 aliphatic carbocycles. The maximum atomic E-state index is 13.6. The summed E-state index contributed by atoms with van der Waals surface area (Å²) in [6.45, 7) is 3.75. The minimum atomic E-state index is -0.951. The zero-order valence-electron chi connectivity index (χ0n) is 18.5. The lowest BCUT2D eigenvalue weighted by atomic mass is 9.95. The van der Waals surface area contributed by atoms with Crippen LogP contribution in [0.2, 0.25) is 0 Å². The fraction of sp³-hybridized carbons (Fsp3) is 0.280. The molecule has 0 saturated carbocycles. The number of hydrogen-bond acceptors (Lipinski definition) is 7. The van der Waals surface area contributed by atoms with E-state index in [1.807, 2.05) is 6.07 Å². The molecule has 0 bridgehead atoms. The highest BCUT2D eigenvalue weighted by atomic mass is 19.1. The van der Waals surface area contributed by atoms with E-state index in [1.165, 1.54) is 6.26 Å². The van der Waals surface area contributed by atoms with Gasteiger partial charge in [0.15, 0.2) is 11.4 Å². The van der Waals surface area contributed by atoms with Gasteiger partial charge in [-0.2, -0.15) is 13.8 Å². The van der Waals surface area contributed by atoms with Gasteiger partial charge in [-0.25, -0.2) is 4.98 Å². The maximum Gasteiger partial charge on any atom is 0.216 e. The second kappa shape index (κ2) is 8.90. The Bertz CT molecular complexity index is 1340. The van der Waals surface area contributed by atoms with Crippen molar-refractivity contribution >= 4 is 22.6 Å². The fourth-order valence-corrected chi connectivity index (χ4v) is 4.62. The van der Waals surface area contributed by atoms with E-state index in [1.54, 1.807) is 24.5 Å². The van der Waals surface area contributed by atoms with Crippen LogP contribution in [-0.4, -0.2) is 39.9 Å². The molecule has 0 amide bonds. The molecule has 0 unspecified atom stereocenters. The highest BCUT2D eigenvalue weighted by Gasteiger charge is 2.25. The zero-order chi connectivity index (χ0) is 23.8. The number of furan rings is 1. The van der Waals surface area contributed by atoms with E-state index >= 15 is 0 Å². The van der Waals surface area contributed by atoms with Crippen molar-refractivity contribution in [2.45, 2.75) is 25.8 Å². The van der Waals surface area contributed by atoms with E-state index in [2.05, 4.69) is 26.8 Å². The second-order valence-electron chi connectivity index (χ2n) is 8.80. The van der Waals surface area contributed by atoms with E-state index in [-0.39, 0.29) is 29.5 Å². The molecular formula is C25H23F2N5O2. The summed E-state index contributed by atoms with van der Waals surface area (Å²) >= 11 is 0. The third kappa shape index (κ3) is 4.38. The predicted molar refractivity (Wildman–Crippen MR) is 123 cm³/mol. The van der Waals surface area contributed by atoms with E-state index in [0.29, 0.717) is 22.6 Å². The van der Waals surface area contributed by atoms with Crippen molar-refractivity contribution in [3.05, 3.63) is 72.1 Å². The molecule has 0 aromatic carbocycles. The van der Waals surface area contributed by atoms with Gasteiger partial charge in [-0.3, -0.25) is 9.78 Å². The minimum absolute atomic E-state index is 0.0758. The number of aromatic nitrogens is 3. The third-order valence-electron chi connectivity index (χ3n) is 6.04. The molecule has 4 aromatic heterocycles. The van der Waals surface area contributed by atoms with Crippen LogP contribution < -0.4 is 10.6 Å². The Kier molecular flexibility index (Phi) is 5.79. The minimum Gasteiger partial charge on any atom is -0.462 e. The standard InChI is InChI=1S/C25H23F2N5O2/c1-14-6-17(28)12-32(11-14)20-4-5-29-10-16(20)7-21(33)19-2-3-22-25(30-19)18(13-34-22)15-8-23(26)31-24(27)9-15/h2-5,8-10,13-14,17H,6-7,11-12,28H2,1H3/t14-,17+/m1/s1. The first-order chi connectivity index (χ1) is 16.4. The lowest BCUT2D eigenvalue weighted by Gasteiger charge is -2.37. The van der Waals surface area contributed by atoms with Gasteiger partial charge in [0.05, 0.1) is 0 Å². The monoisotopic (exact) mass is 463 g/mol. The summed E-state index contributed by atoms with van der Waals surface area (Å²) in [6, 6.07) is 7.38. The van der Waals surface area contributed by atoms with Crippen molar-refractivity contribution in [3.8, 4) is 11.1 Å². The summed E-state index contributed by atoms with van der Waals surface area (Å²) in [7, 11) is 0. The van der Waals surface area contributed by atoms with Crippen molar-refractivity contribution in [1.82, 2.24) is 15.0 Å². The van der Waals surface area contributed by atoms with Crippen molar-refractivity contribution in [3.63, 3.8) is 0 Å². The first-order valence-corrected chi connectivity index (χ1v) is 11.1.